The summed E-state index contributed by atoms with van der Waals surface area (Å²) in [5.74, 6) is 0.934. The Hall–Kier alpha value is -1.54. The highest BCUT2D eigenvalue weighted by atomic mass is 32.2. The lowest BCUT2D eigenvalue weighted by atomic mass is 10.2. The maximum atomic E-state index is 11.8. The van der Waals surface area contributed by atoms with Gasteiger partial charge in [-0.15, -0.1) is 0 Å². The summed E-state index contributed by atoms with van der Waals surface area (Å²) in [6.07, 6.45) is 2.07. The number of likely N-dealkylation sites (N-methyl/N-ethyl adjacent to an activating group) is 1. The van der Waals surface area contributed by atoms with Crippen LogP contribution in [0.3, 0.4) is 0 Å². The Morgan fingerprint density at radius 3 is 2.81 bits per heavy atom. The van der Waals surface area contributed by atoms with Crippen molar-refractivity contribution in [3.05, 3.63) is 24.2 Å². The average molecular weight is 315 g/mol. The van der Waals surface area contributed by atoms with E-state index in [9.17, 15) is 13.2 Å². The molecule has 2 unspecified atom stereocenters. The number of carbonyl (C=O) groups excluding carboxylic acids is 1. The highest BCUT2D eigenvalue weighted by Gasteiger charge is 2.29. The van der Waals surface area contributed by atoms with Crippen molar-refractivity contribution in [1.29, 1.82) is 0 Å². The lowest BCUT2D eigenvalue weighted by molar-refractivity contribution is 0.223. The molecule has 0 radical (unpaired) electrons. The number of furan rings is 1. The summed E-state index contributed by atoms with van der Waals surface area (Å²) in [6.45, 7) is 0.381. The second-order valence-corrected chi connectivity index (χ2v) is 7.68. The zero-order chi connectivity index (χ0) is 15.5. The molecule has 0 spiro atoms. The molecular weight excluding hydrogens is 294 g/mol. The Morgan fingerprint density at radius 2 is 2.29 bits per heavy atom. The molecule has 1 aliphatic heterocycles. The highest BCUT2D eigenvalue weighted by molar-refractivity contribution is 7.91. The number of hydrogen-bond donors (Lipinski definition) is 2. The van der Waals surface area contributed by atoms with Gasteiger partial charge in [-0.1, -0.05) is 0 Å². The third-order valence-electron chi connectivity index (χ3n) is 3.52. The number of amides is 2. The quantitative estimate of drug-likeness (QED) is 0.819. The van der Waals surface area contributed by atoms with Gasteiger partial charge >= 0.3 is 6.03 Å². The summed E-state index contributed by atoms with van der Waals surface area (Å²) < 4.78 is 28.0. The predicted molar refractivity (Wildman–Crippen MR) is 78.7 cm³/mol. The van der Waals surface area contributed by atoms with E-state index in [4.69, 9.17) is 4.42 Å². The summed E-state index contributed by atoms with van der Waals surface area (Å²) in [5.41, 5.74) is 0. The van der Waals surface area contributed by atoms with Gasteiger partial charge in [-0.25, -0.2) is 13.2 Å². The van der Waals surface area contributed by atoms with Crippen molar-refractivity contribution in [3.8, 4) is 0 Å². The van der Waals surface area contributed by atoms with Crippen LogP contribution in [0.5, 0.6) is 0 Å². The fourth-order valence-electron chi connectivity index (χ4n) is 2.35. The standard InChI is InChI=1S/C13H21N3O4S/c1-16(2)11(12-4-3-6-20-12)8-14-13(17)15-10-5-7-21(18,19)9-10/h3-4,6,10-11H,5,7-9H2,1-2H3,(H2,14,15,17). The molecule has 0 saturated carbocycles. The minimum atomic E-state index is -2.99. The van der Waals surface area contributed by atoms with Crippen LogP contribution in [0.2, 0.25) is 0 Å². The summed E-state index contributed by atoms with van der Waals surface area (Å²) in [5, 5.41) is 5.46. The third-order valence-corrected chi connectivity index (χ3v) is 5.29. The Balaban J connectivity index is 1.83. The Labute approximate surface area is 124 Å². The van der Waals surface area contributed by atoms with Gasteiger partial charge in [0.25, 0.3) is 0 Å². The van der Waals surface area contributed by atoms with Gasteiger partial charge in [0.15, 0.2) is 9.84 Å². The third kappa shape index (κ3) is 4.47. The fourth-order valence-corrected chi connectivity index (χ4v) is 4.03. The predicted octanol–water partition coefficient (Wildman–Crippen LogP) is 0.369. The van der Waals surface area contributed by atoms with Gasteiger partial charge in [-0.3, -0.25) is 4.90 Å². The van der Waals surface area contributed by atoms with E-state index in [1.165, 1.54) is 0 Å². The van der Waals surface area contributed by atoms with Crippen LogP contribution in [0.1, 0.15) is 18.2 Å². The molecule has 1 fully saturated rings. The van der Waals surface area contributed by atoms with E-state index in [2.05, 4.69) is 10.6 Å². The van der Waals surface area contributed by atoms with E-state index >= 15 is 0 Å². The highest BCUT2D eigenvalue weighted by Crippen LogP contribution is 2.17. The first-order chi connectivity index (χ1) is 9.87. The number of nitrogens with zero attached hydrogens (tertiary/aromatic N) is 1. The van der Waals surface area contributed by atoms with Gasteiger partial charge < -0.3 is 15.1 Å². The lowest BCUT2D eigenvalue weighted by Crippen LogP contribution is -2.45. The second-order valence-electron chi connectivity index (χ2n) is 5.45. The first kappa shape index (κ1) is 15.8. The average Bonchev–Trinajstić information content (AvgIpc) is 2.99. The molecule has 0 aromatic carbocycles. The normalized spacial score (nSPS) is 22.1. The molecular formula is C13H21N3O4S. The molecule has 0 bridgehead atoms. The fraction of sp³-hybridized carbons (Fsp3) is 0.615. The lowest BCUT2D eigenvalue weighted by Gasteiger charge is -2.23. The Morgan fingerprint density at radius 1 is 1.52 bits per heavy atom. The summed E-state index contributed by atoms with van der Waals surface area (Å²) in [6, 6.07) is 2.94. The van der Waals surface area contributed by atoms with Crippen molar-refractivity contribution in [2.45, 2.75) is 18.5 Å². The van der Waals surface area contributed by atoms with Gasteiger partial charge in [-0.2, -0.15) is 0 Å². The van der Waals surface area contributed by atoms with Crippen molar-refractivity contribution in [3.63, 3.8) is 0 Å². The van der Waals surface area contributed by atoms with Gasteiger partial charge in [0.05, 0.1) is 23.8 Å². The van der Waals surface area contributed by atoms with Gasteiger partial charge in [0.1, 0.15) is 5.76 Å². The molecule has 1 saturated heterocycles. The number of hydrogen-bond acceptors (Lipinski definition) is 5. The van der Waals surface area contributed by atoms with Crippen molar-refractivity contribution in [2.75, 3.05) is 32.1 Å². The van der Waals surface area contributed by atoms with Crippen LogP contribution in [-0.4, -0.2) is 57.5 Å². The monoisotopic (exact) mass is 315 g/mol. The van der Waals surface area contributed by atoms with E-state index in [1.807, 2.05) is 25.1 Å². The van der Waals surface area contributed by atoms with Crippen LogP contribution < -0.4 is 10.6 Å². The van der Waals surface area contributed by atoms with Crippen LogP contribution >= 0.6 is 0 Å². The van der Waals surface area contributed by atoms with Crippen LogP contribution in [0.4, 0.5) is 4.79 Å². The second kappa shape index (κ2) is 6.48. The molecule has 1 aromatic heterocycles. The largest absolute Gasteiger partial charge is 0.468 e. The first-order valence-corrected chi connectivity index (χ1v) is 8.64. The molecule has 21 heavy (non-hydrogen) atoms. The minimum absolute atomic E-state index is 0.0235. The maximum absolute atomic E-state index is 11.8. The maximum Gasteiger partial charge on any atom is 0.315 e. The first-order valence-electron chi connectivity index (χ1n) is 6.82. The van der Waals surface area contributed by atoms with Crippen molar-refractivity contribution in [1.82, 2.24) is 15.5 Å². The number of rotatable bonds is 5. The van der Waals surface area contributed by atoms with Crippen LogP contribution in [-0.2, 0) is 9.84 Å². The zero-order valence-electron chi connectivity index (χ0n) is 12.2. The Bertz CT molecular complexity index is 568. The molecule has 2 N–H and O–H groups in total. The molecule has 1 aliphatic rings. The molecule has 2 rings (SSSR count). The molecule has 7 nitrogen and oxygen atoms in total. The van der Waals surface area contributed by atoms with Gasteiger partial charge in [0, 0.05) is 12.6 Å². The van der Waals surface area contributed by atoms with E-state index in [0.29, 0.717) is 13.0 Å². The SMILES string of the molecule is CN(C)C(CNC(=O)NC1CCS(=O)(=O)C1)c1ccco1. The zero-order valence-corrected chi connectivity index (χ0v) is 13.0. The van der Waals surface area contributed by atoms with Crippen LogP contribution in [0.15, 0.2) is 22.8 Å². The molecule has 0 aliphatic carbocycles. The summed E-state index contributed by atoms with van der Waals surface area (Å²) >= 11 is 0. The van der Waals surface area contributed by atoms with Crippen molar-refractivity contribution >= 4 is 15.9 Å². The molecule has 1 aromatic rings. The number of urea groups is 1. The number of carbonyl (C=O) groups is 1. The topological polar surface area (TPSA) is 91.7 Å². The van der Waals surface area contributed by atoms with Crippen LogP contribution in [0, 0.1) is 0 Å². The van der Waals surface area contributed by atoms with E-state index < -0.39 is 9.84 Å². The summed E-state index contributed by atoms with van der Waals surface area (Å²) in [7, 11) is 0.811. The van der Waals surface area contributed by atoms with E-state index in [-0.39, 0.29) is 29.6 Å². The molecule has 2 atom stereocenters. The molecule has 2 amide bonds. The van der Waals surface area contributed by atoms with Gasteiger partial charge in [0.2, 0.25) is 0 Å². The van der Waals surface area contributed by atoms with E-state index in [1.54, 1.807) is 12.3 Å². The minimum Gasteiger partial charge on any atom is -0.468 e. The molecule has 8 heteroatoms. The van der Waals surface area contributed by atoms with E-state index in [0.717, 1.165) is 5.76 Å². The number of nitrogens with one attached hydrogen (secondary N) is 2. The molecule has 2 heterocycles. The van der Waals surface area contributed by atoms with Crippen molar-refractivity contribution in [2.24, 2.45) is 0 Å². The number of sulfone groups is 1. The summed E-state index contributed by atoms with van der Waals surface area (Å²) in [4.78, 5) is 13.8. The molecule has 118 valence electrons. The Kier molecular flexibility index (Phi) is 4.89. The van der Waals surface area contributed by atoms with Crippen LogP contribution in [0.25, 0.3) is 0 Å². The van der Waals surface area contributed by atoms with Crippen molar-refractivity contribution < 1.29 is 17.6 Å². The van der Waals surface area contributed by atoms with Gasteiger partial charge in [-0.05, 0) is 32.6 Å². The smallest absolute Gasteiger partial charge is 0.315 e.